The minimum atomic E-state index is 0.713. The Kier molecular flexibility index (Phi) is 3.42. The van der Waals surface area contributed by atoms with E-state index in [2.05, 4.69) is 5.32 Å². The van der Waals surface area contributed by atoms with Crippen LogP contribution >= 0.6 is 0 Å². The van der Waals surface area contributed by atoms with Crippen LogP contribution in [0.15, 0.2) is 0 Å². The normalized spacial score (nSPS) is 23.2. The lowest BCUT2D eigenvalue weighted by molar-refractivity contribution is 0.324. The van der Waals surface area contributed by atoms with Crippen molar-refractivity contribution in [3.8, 4) is 17.2 Å². The number of fused-ring (bicyclic) bond motifs is 2. The Morgan fingerprint density at radius 3 is 2.71 bits per heavy atom. The van der Waals surface area contributed by atoms with Crippen LogP contribution in [0.2, 0.25) is 0 Å². The molecule has 1 aromatic rings. The van der Waals surface area contributed by atoms with Gasteiger partial charge in [0.05, 0.1) is 20.3 Å². The van der Waals surface area contributed by atoms with Crippen molar-refractivity contribution in [3.05, 3.63) is 16.7 Å². The first kappa shape index (κ1) is 13.3. The highest BCUT2D eigenvalue weighted by Crippen LogP contribution is 2.49. The number of rotatable bonds is 3. The molecule has 0 bridgehead atoms. The number of nitrogens with one attached hydrogen (secondary N) is 1. The smallest absolute Gasteiger partial charge is 0.168 e. The molecule has 0 saturated carbocycles. The molecule has 0 spiro atoms. The maximum atomic E-state index is 5.98. The van der Waals surface area contributed by atoms with Crippen LogP contribution in [0.5, 0.6) is 17.2 Å². The maximum absolute atomic E-state index is 5.98. The maximum Gasteiger partial charge on any atom is 0.168 e. The molecule has 1 N–H and O–H groups in total. The number of hydrogen-bond donors (Lipinski definition) is 1. The molecule has 0 radical (unpaired) electrons. The van der Waals surface area contributed by atoms with Crippen LogP contribution in [-0.2, 0) is 19.3 Å². The average molecular weight is 289 g/mol. The summed E-state index contributed by atoms with van der Waals surface area (Å²) in [5.74, 6) is 3.72. The molecule has 3 aliphatic rings. The van der Waals surface area contributed by atoms with Gasteiger partial charge < -0.3 is 19.5 Å². The van der Waals surface area contributed by atoms with Crippen molar-refractivity contribution < 1.29 is 14.2 Å². The molecule has 4 rings (SSSR count). The molecule has 21 heavy (non-hydrogen) atoms. The second-order valence-corrected chi connectivity index (χ2v) is 6.24. The van der Waals surface area contributed by atoms with E-state index in [0.717, 1.165) is 62.8 Å². The SMILES string of the molecule is COc1c2c(c(CC3CCCNC3)c3c1OCC3)OCC2. The third-order valence-corrected chi connectivity index (χ3v) is 4.96. The Morgan fingerprint density at radius 1 is 1.14 bits per heavy atom. The van der Waals surface area contributed by atoms with Gasteiger partial charge in [-0.3, -0.25) is 0 Å². The molecule has 3 heterocycles. The summed E-state index contributed by atoms with van der Waals surface area (Å²) in [5, 5.41) is 3.52. The fraction of sp³-hybridized carbons (Fsp3) is 0.647. The molecule has 0 aliphatic carbocycles. The number of piperidine rings is 1. The predicted molar refractivity (Wildman–Crippen MR) is 80.7 cm³/mol. The minimum absolute atomic E-state index is 0.713. The van der Waals surface area contributed by atoms with Crippen molar-refractivity contribution in [2.45, 2.75) is 32.1 Å². The van der Waals surface area contributed by atoms with Gasteiger partial charge in [0.2, 0.25) is 0 Å². The van der Waals surface area contributed by atoms with Crippen LogP contribution in [0, 0.1) is 5.92 Å². The van der Waals surface area contributed by atoms with E-state index >= 15 is 0 Å². The van der Waals surface area contributed by atoms with Crippen LogP contribution in [-0.4, -0.2) is 33.4 Å². The molecule has 0 amide bonds. The third-order valence-electron chi connectivity index (χ3n) is 4.96. The Bertz CT molecular complexity index is 514. The van der Waals surface area contributed by atoms with E-state index < -0.39 is 0 Å². The van der Waals surface area contributed by atoms with Gasteiger partial charge >= 0.3 is 0 Å². The summed E-state index contributed by atoms with van der Waals surface area (Å²) in [4.78, 5) is 0. The Morgan fingerprint density at radius 2 is 1.95 bits per heavy atom. The van der Waals surface area contributed by atoms with Crippen molar-refractivity contribution in [2.75, 3.05) is 33.4 Å². The summed E-state index contributed by atoms with van der Waals surface area (Å²) in [7, 11) is 1.74. The van der Waals surface area contributed by atoms with E-state index in [4.69, 9.17) is 14.2 Å². The Hall–Kier alpha value is -1.42. The van der Waals surface area contributed by atoms with Crippen molar-refractivity contribution in [1.82, 2.24) is 5.32 Å². The summed E-state index contributed by atoms with van der Waals surface area (Å²) in [6.07, 6.45) is 5.61. The van der Waals surface area contributed by atoms with Crippen molar-refractivity contribution in [2.24, 2.45) is 5.92 Å². The van der Waals surface area contributed by atoms with Gasteiger partial charge in [0, 0.05) is 29.5 Å². The molecule has 4 nitrogen and oxygen atoms in total. The van der Waals surface area contributed by atoms with E-state index in [1.54, 1.807) is 7.11 Å². The molecule has 0 aromatic heterocycles. The lowest BCUT2D eigenvalue weighted by Gasteiger charge is -2.25. The van der Waals surface area contributed by atoms with Crippen molar-refractivity contribution in [3.63, 3.8) is 0 Å². The number of ether oxygens (including phenoxy) is 3. The van der Waals surface area contributed by atoms with Crippen LogP contribution in [0.3, 0.4) is 0 Å². The number of hydrogen-bond acceptors (Lipinski definition) is 4. The van der Waals surface area contributed by atoms with Gasteiger partial charge in [0.15, 0.2) is 11.5 Å². The average Bonchev–Trinajstić information content (AvgIpc) is 3.17. The molecule has 1 fully saturated rings. The molecule has 1 unspecified atom stereocenters. The van der Waals surface area contributed by atoms with Gasteiger partial charge in [-0.2, -0.15) is 0 Å². The number of benzene rings is 1. The van der Waals surface area contributed by atoms with Gasteiger partial charge in [0.1, 0.15) is 5.75 Å². The molecular weight excluding hydrogens is 266 g/mol. The summed E-state index contributed by atoms with van der Waals surface area (Å²) >= 11 is 0. The predicted octanol–water partition coefficient (Wildman–Crippen LogP) is 2.11. The highest BCUT2D eigenvalue weighted by Gasteiger charge is 2.33. The second kappa shape index (κ2) is 5.41. The topological polar surface area (TPSA) is 39.7 Å². The minimum Gasteiger partial charge on any atom is -0.493 e. The van der Waals surface area contributed by atoms with E-state index in [0.29, 0.717) is 5.92 Å². The molecule has 1 atom stereocenters. The highest BCUT2D eigenvalue weighted by atomic mass is 16.5. The molecule has 4 heteroatoms. The summed E-state index contributed by atoms with van der Waals surface area (Å²) < 4.78 is 17.5. The van der Waals surface area contributed by atoms with Gasteiger partial charge in [-0.15, -0.1) is 0 Å². The molecule has 1 aromatic carbocycles. The number of methoxy groups -OCH3 is 1. The summed E-state index contributed by atoms with van der Waals surface area (Å²) in [5.41, 5.74) is 3.94. The van der Waals surface area contributed by atoms with Gasteiger partial charge in [-0.05, 0) is 38.3 Å². The van der Waals surface area contributed by atoms with Crippen LogP contribution < -0.4 is 19.5 Å². The van der Waals surface area contributed by atoms with Crippen LogP contribution in [0.1, 0.15) is 29.5 Å². The molecule has 114 valence electrons. The van der Waals surface area contributed by atoms with E-state index in [-0.39, 0.29) is 0 Å². The highest BCUT2D eigenvalue weighted by molar-refractivity contribution is 5.65. The lowest BCUT2D eigenvalue weighted by Crippen LogP contribution is -2.31. The molecular formula is C17H23NO3. The second-order valence-electron chi connectivity index (χ2n) is 6.24. The van der Waals surface area contributed by atoms with E-state index in [1.165, 1.54) is 29.5 Å². The standard InChI is InChI=1S/C17H23NO3/c1-19-16-13-5-8-20-15(13)14(12-4-7-21-17(12)16)9-11-3-2-6-18-10-11/h11,18H,2-10H2,1H3. The molecule has 3 aliphatic heterocycles. The summed E-state index contributed by atoms with van der Waals surface area (Å²) in [6, 6.07) is 0. The largest absolute Gasteiger partial charge is 0.493 e. The zero-order valence-electron chi connectivity index (χ0n) is 12.7. The Labute approximate surface area is 125 Å². The van der Waals surface area contributed by atoms with Gasteiger partial charge in [-0.25, -0.2) is 0 Å². The fourth-order valence-electron chi connectivity index (χ4n) is 3.98. The van der Waals surface area contributed by atoms with Crippen LogP contribution in [0.4, 0.5) is 0 Å². The summed E-state index contributed by atoms with van der Waals surface area (Å²) in [6.45, 7) is 3.82. The van der Waals surface area contributed by atoms with E-state index in [1.807, 2.05) is 0 Å². The first-order chi connectivity index (χ1) is 10.4. The first-order valence-corrected chi connectivity index (χ1v) is 8.09. The third kappa shape index (κ3) is 2.16. The molecule has 1 saturated heterocycles. The quantitative estimate of drug-likeness (QED) is 0.925. The first-order valence-electron chi connectivity index (χ1n) is 8.09. The fourth-order valence-corrected chi connectivity index (χ4v) is 3.98. The van der Waals surface area contributed by atoms with Crippen LogP contribution in [0.25, 0.3) is 0 Å². The van der Waals surface area contributed by atoms with Gasteiger partial charge in [0.25, 0.3) is 0 Å². The van der Waals surface area contributed by atoms with E-state index in [9.17, 15) is 0 Å². The Balaban J connectivity index is 1.76. The zero-order valence-corrected chi connectivity index (χ0v) is 12.7. The van der Waals surface area contributed by atoms with Gasteiger partial charge in [-0.1, -0.05) is 0 Å². The monoisotopic (exact) mass is 289 g/mol. The lowest BCUT2D eigenvalue weighted by atomic mass is 9.87. The van der Waals surface area contributed by atoms with Crippen molar-refractivity contribution in [1.29, 1.82) is 0 Å². The zero-order chi connectivity index (χ0) is 14.2. The van der Waals surface area contributed by atoms with Crippen molar-refractivity contribution >= 4 is 0 Å².